The molecule has 0 radical (unpaired) electrons. The predicted octanol–water partition coefficient (Wildman–Crippen LogP) is 5.59. The molecule has 0 spiro atoms. The topological polar surface area (TPSA) is 95.2 Å². The lowest BCUT2D eigenvalue weighted by atomic mass is 10.1. The number of ether oxygens (including phenoxy) is 2. The summed E-state index contributed by atoms with van der Waals surface area (Å²) in [7, 11) is 1.64. The summed E-state index contributed by atoms with van der Waals surface area (Å²) in [6.07, 6.45) is -2.76. The van der Waals surface area contributed by atoms with Crippen molar-refractivity contribution in [2.24, 2.45) is 0 Å². The number of piperazine rings is 1. The highest BCUT2D eigenvalue weighted by Crippen LogP contribution is 2.32. The van der Waals surface area contributed by atoms with Crippen LogP contribution in [0.3, 0.4) is 0 Å². The van der Waals surface area contributed by atoms with Crippen molar-refractivity contribution in [1.82, 2.24) is 5.32 Å². The van der Waals surface area contributed by atoms with Gasteiger partial charge in [-0.15, -0.1) is 0 Å². The van der Waals surface area contributed by atoms with E-state index < -0.39 is 17.8 Å². The monoisotopic (exact) mass is 597 g/mol. The van der Waals surface area contributed by atoms with Gasteiger partial charge in [0.1, 0.15) is 5.75 Å². The van der Waals surface area contributed by atoms with E-state index >= 15 is 0 Å². The van der Waals surface area contributed by atoms with Crippen molar-refractivity contribution >= 4 is 34.7 Å². The highest BCUT2D eigenvalue weighted by atomic mass is 19.4. The van der Waals surface area contributed by atoms with Gasteiger partial charge >= 0.3 is 12.2 Å². The Bertz CT molecular complexity index is 1440. The van der Waals surface area contributed by atoms with Gasteiger partial charge in [0.2, 0.25) is 0 Å². The minimum atomic E-state index is -4.53. The molecule has 0 saturated carbocycles. The molecule has 2 saturated heterocycles. The zero-order valence-electron chi connectivity index (χ0n) is 23.7. The second-order valence-electron chi connectivity index (χ2n) is 10.4. The molecule has 0 bridgehead atoms. The molecule has 5 rings (SSSR count). The van der Waals surface area contributed by atoms with E-state index in [0.717, 1.165) is 36.4 Å². The quantitative estimate of drug-likeness (QED) is 0.313. The van der Waals surface area contributed by atoms with Gasteiger partial charge in [0, 0.05) is 56.4 Å². The van der Waals surface area contributed by atoms with E-state index in [9.17, 15) is 22.8 Å². The van der Waals surface area contributed by atoms with E-state index in [1.807, 2.05) is 24.3 Å². The van der Waals surface area contributed by atoms with Crippen LogP contribution >= 0.6 is 0 Å². The smallest absolute Gasteiger partial charge is 0.416 e. The van der Waals surface area contributed by atoms with Crippen LogP contribution in [0.15, 0.2) is 66.7 Å². The van der Waals surface area contributed by atoms with Crippen molar-refractivity contribution in [2.75, 3.05) is 66.9 Å². The van der Waals surface area contributed by atoms with Crippen molar-refractivity contribution < 1.29 is 32.2 Å². The number of alkyl halides is 3. The van der Waals surface area contributed by atoms with E-state index in [1.165, 1.54) is 12.1 Å². The minimum absolute atomic E-state index is 0.00797. The number of anilines is 4. The largest absolute Gasteiger partial charge is 0.495 e. The first kappa shape index (κ1) is 30.0. The van der Waals surface area contributed by atoms with Crippen molar-refractivity contribution in [3.63, 3.8) is 0 Å². The van der Waals surface area contributed by atoms with E-state index in [-0.39, 0.29) is 17.7 Å². The first-order valence-corrected chi connectivity index (χ1v) is 14.1. The molecule has 3 aromatic carbocycles. The number of nitrogens with one attached hydrogen (secondary N) is 3. The molecule has 2 aliphatic rings. The van der Waals surface area contributed by atoms with E-state index in [4.69, 9.17) is 9.47 Å². The third-order valence-corrected chi connectivity index (χ3v) is 7.51. The van der Waals surface area contributed by atoms with Gasteiger partial charge in [0.25, 0.3) is 5.91 Å². The molecule has 0 aliphatic carbocycles. The molecular weight excluding hydrogens is 563 g/mol. The number of halogens is 3. The van der Waals surface area contributed by atoms with Gasteiger partial charge in [0.15, 0.2) is 0 Å². The lowest BCUT2D eigenvalue weighted by Crippen LogP contribution is -2.47. The Kier molecular flexibility index (Phi) is 9.24. The fraction of sp³-hybridized carbons (Fsp3) is 0.355. The molecule has 1 unspecified atom stereocenters. The highest BCUT2D eigenvalue weighted by Gasteiger charge is 2.30. The van der Waals surface area contributed by atoms with Crippen LogP contribution < -0.4 is 30.5 Å². The van der Waals surface area contributed by atoms with Crippen molar-refractivity contribution in [1.29, 1.82) is 0 Å². The van der Waals surface area contributed by atoms with Crippen LogP contribution in [-0.2, 0) is 10.9 Å². The SMILES string of the molecule is COc1ccccc1N1CCN(c2ccc(NC(=O)Nc3cccc(C(F)(F)F)c3)cc2C(=O)NCC2CCCO2)CC1. The number of nitrogens with zero attached hydrogens (tertiary/aromatic N) is 2. The van der Waals surface area contributed by atoms with E-state index in [2.05, 4.69) is 25.8 Å². The number of methoxy groups -OCH3 is 1. The third-order valence-electron chi connectivity index (χ3n) is 7.51. The van der Waals surface area contributed by atoms with Gasteiger partial charge in [-0.3, -0.25) is 4.79 Å². The fourth-order valence-electron chi connectivity index (χ4n) is 5.32. The summed E-state index contributed by atoms with van der Waals surface area (Å²) < 4.78 is 50.4. The Balaban J connectivity index is 1.31. The zero-order chi connectivity index (χ0) is 30.4. The van der Waals surface area contributed by atoms with Crippen LogP contribution in [0.5, 0.6) is 5.75 Å². The first-order chi connectivity index (χ1) is 20.7. The normalized spacial score (nSPS) is 17.0. The number of carbonyl (C=O) groups excluding carboxylic acids is 2. The van der Waals surface area contributed by atoms with Gasteiger partial charge in [-0.2, -0.15) is 13.2 Å². The number of benzene rings is 3. The lowest BCUT2D eigenvalue weighted by molar-refractivity contribution is -0.137. The third kappa shape index (κ3) is 7.50. The maximum Gasteiger partial charge on any atom is 0.416 e. The van der Waals surface area contributed by atoms with Crippen molar-refractivity contribution in [2.45, 2.75) is 25.1 Å². The predicted molar refractivity (Wildman–Crippen MR) is 159 cm³/mol. The fourth-order valence-corrected chi connectivity index (χ4v) is 5.32. The summed E-state index contributed by atoms with van der Waals surface area (Å²) in [5.74, 6) is 0.489. The first-order valence-electron chi connectivity index (χ1n) is 14.1. The van der Waals surface area contributed by atoms with E-state index in [1.54, 1.807) is 25.3 Å². The summed E-state index contributed by atoms with van der Waals surface area (Å²) >= 11 is 0. The molecule has 3 amide bonds. The second-order valence-corrected chi connectivity index (χ2v) is 10.4. The van der Waals surface area contributed by atoms with Crippen LogP contribution in [0.4, 0.5) is 40.7 Å². The summed E-state index contributed by atoms with van der Waals surface area (Å²) in [6, 6.07) is 16.5. The van der Waals surface area contributed by atoms with Gasteiger partial charge in [-0.05, 0) is 61.4 Å². The average Bonchev–Trinajstić information content (AvgIpc) is 3.53. The molecule has 3 N–H and O–H groups in total. The summed E-state index contributed by atoms with van der Waals surface area (Å²) in [6.45, 7) is 3.74. The number of hydrogen-bond acceptors (Lipinski definition) is 6. The number of urea groups is 1. The molecule has 2 aliphatic heterocycles. The molecule has 1 atom stereocenters. The summed E-state index contributed by atoms with van der Waals surface area (Å²) in [4.78, 5) is 30.5. The van der Waals surface area contributed by atoms with E-state index in [0.29, 0.717) is 56.3 Å². The summed E-state index contributed by atoms with van der Waals surface area (Å²) in [5.41, 5.74) is 1.54. The molecule has 12 heteroatoms. The van der Waals surface area contributed by atoms with Crippen LogP contribution in [0.25, 0.3) is 0 Å². The van der Waals surface area contributed by atoms with Crippen molar-refractivity contribution in [3.8, 4) is 5.75 Å². The van der Waals surface area contributed by atoms with Crippen LogP contribution in [0.1, 0.15) is 28.8 Å². The Morgan fingerprint density at radius 3 is 2.28 bits per heavy atom. The molecule has 43 heavy (non-hydrogen) atoms. The van der Waals surface area contributed by atoms with Crippen LogP contribution in [0, 0.1) is 0 Å². The average molecular weight is 598 g/mol. The number of carbonyl (C=O) groups is 2. The molecule has 9 nitrogen and oxygen atoms in total. The maximum absolute atomic E-state index is 13.4. The summed E-state index contributed by atoms with van der Waals surface area (Å²) in [5, 5.41) is 8.02. The molecule has 2 fully saturated rings. The molecule has 228 valence electrons. The number of hydrogen-bond donors (Lipinski definition) is 3. The Morgan fingerprint density at radius 1 is 0.907 bits per heavy atom. The maximum atomic E-state index is 13.4. The number of rotatable bonds is 8. The Hall–Kier alpha value is -4.45. The standard InChI is InChI=1S/C31H34F3N5O4/c1-42-28-10-3-2-9-27(28)39-15-13-38(14-16-39)26-12-11-23(19-25(26)29(40)35-20-24-8-5-17-43-24)37-30(41)36-22-7-4-6-21(18-22)31(32,33)34/h2-4,6-7,9-12,18-19,24H,5,8,13-17,20H2,1H3,(H,35,40)(H2,36,37,41). The van der Waals surface area contributed by atoms with Gasteiger partial charge in [-0.25, -0.2) is 4.79 Å². The minimum Gasteiger partial charge on any atom is -0.495 e. The lowest BCUT2D eigenvalue weighted by Gasteiger charge is -2.38. The number of para-hydroxylation sites is 2. The Labute approximate surface area is 247 Å². The Morgan fingerprint density at radius 2 is 1.60 bits per heavy atom. The van der Waals surface area contributed by atoms with Crippen molar-refractivity contribution in [3.05, 3.63) is 77.9 Å². The second kappa shape index (κ2) is 13.2. The molecular formula is C31H34F3N5O4. The highest BCUT2D eigenvalue weighted by molar-refractivity contribution is 6.04. The zero-order valence-corrected chi connectivity index (χ0v) is 23.7. The molecule has 3 aromatic rings. The van der Waals surface area contributed by atoms with Gasteiger partial charge in [-0.1, -0.05) is 18.2 Å². The van der Waals surface area contributed by atoms with Gasteiger partial charge < -0.3 is 35.2 Å². The van der Waals surface area contributed by atoms with Gasteiger partial charge in [0.05, 0.1) is 30.0 Å². The van der Waals surface area contributed by atoms with Crippen LogP contribution in [0.2, 0.25) is 0 Å². The van der Waals surface area contributed by atoms with Crippen LogP contribution in [-0.4, -0.2) is 64.5 Å². The molecule has 2 heterocycles. The number of amides is 3. The molecule has 0 aromatic heterocycles.